The number of likely N-dealkylation sites (N-methyl/N-ethyl adjacent to an activating group) is 1. The lowest BCUT2D eigenvalue weighted by Crippen LogP contribution is -2.33. The summed E-state index contributed by atoms with van der Waals surface area (Å²) < 4.78 is 29.9. The molecule has 0 saturated carbocycles. The predicted octanol–water partition coefficient (Wildman–Crippen LogP) is 0.536. The molecule has 8 heteroatoms. The summed E-state index contributed by atoms with van der Waals surface area (Å²) in [5, 5.41) is 10.7. The fourth-order valence-corrected chi connectivity index (χ4v) is 3.94. The zero-order valence-corrected chi connectivity index (χ0v) is 11.9. The number of esters is 1. The van der Waals surface area contributed by atoms with Crippen LogP contribution < -0.4 is 0 Å². The predicted molar refractivity (Wildman–Crippen MR) is 67.2 cm³/mol. The number of sulfonamides is 1. The third kappa shape index (κ3) is 3.08. The first-order valence-electron chi connectivity index (χ1n) is 5.11. The summed E-state index contributed by atoms with van der Waals surface area (Å²) in [4.78, 5) is 11.4. The van der Waals surface area contributed by atoms with Crippen LogP contribution in [0.4, 0.5) is 0 Å². The van der Waals surface area contributed by atoms with Crippen LogP contribution in [0, 0.1) is 0 Å². The number of ether oxygens (including phenoxy) is 1. The smallest absolute Gasteiger partial charge is 0.349 e. The monoisotopic (exact) mass is 293 g/mol. The Balaban J connectivity index is 3.13. The average Bonchev–Trinajstić information content (AvgIpc) is 2.76. The number of carbonyl (C=O) groups excluding carboxylic acids is 1. The first kappa shape index (κ1) is 15.1. The second-order valence-electron chi connectivity index (χ2n) is 3.74. The molecule has 0 aromatic carbocycles. The molecule has 0 aliphatic rings. The summed E-state index contributed by atoms with van der Waals surface area (Å²) in [7, 11) is -1.25. The van der Waals surface area contributed by atoms with Gasteiger partial charge in [0.15, 0.2) is 0 Å². The van der Waals surface area contributed by atoms with Crippen molar-refractivity contribution in [2.45, 2.75) is 17.9 Å². The van der Waals surface area contributed by atoms with Crippen molar-refractivity contribution in [2.24, 2.45) is 0 Å². The van der Waals surface area contributed by atoms with Gasteiger partial charge in [0.25, 0.3) is 0 Å². The molecule has 0 amide bonds. The number of methoxy groups -OCH3 is 1. The van der Waals surface area contributed by atoms with E-state index >= 15 is 0 Å². The first-order valence-corrected chi connectivity index (χ1v) is 7.43. The van der Waals surface area contributed by atoms with Gasteiger partial charge in [-0.05, 0) is 18.4 Å². The normalized spacial score (nSPS) is 13.6. The lowest BCUT2D eigenvalue weighted by molar-refractivity contribution is 0.0602. The highest BCUT2D eigenvalue weighted by molar-refractivity contribution is 7.89. The summed E-state index contributed by atoms with van der Waals surface area (Å²) in [6.45, 7) is 1.44. The van der Waals surface area contributed by atoms with Crippen LogP contribution in [0.25, 0.3) is 0 Å². The molecule has 1 aromatic rings. The van der Waals surface area contributed by atoms with Crippen LogP contribution in [0.3, 0.4) is 0 Å². The largest absolute Gasteiger partial charge is 0.465 e. The van der Waals surface area contributed by atoms with E-state index in [-0.39, 0.29) is 16.3 Å². The number of carbonyl (C=O) groups is 1. The molecule has 1 atom stereocenters. The standard InChI is InChI=1S/C10H15NO5S2/c1-7(12)6-11(2)18(14,15)8-4-5-17-9(8)10(13)16-3/h4-5,7,12H,6H2,1-3H3. The highest BCUT2D eigenvalue weighted by atomic mass is 32.2. The van der Waals surface area contributed by atoms with Crippen LogP contribution in [0.15, 0.2) is 16.3 Å². The summed E-state index contributed by atoms with van der Waals surface area (Å²) in [6.07, 6.45) is -0.787. The van der Waals surface area contributed by atoms with E-state index in [1.54, 1.807) is 0 Å². The maximum absolute atomic E-state index is 12.2. The number of aliphatic hydroxyl groups is 1. The molecular weight excluding hydrogens is 278 g/mol. The van der Waals surface area contributed by atoms with Gasteiger partial charge in [0, 0.05) is 13.6 Å². The quantitative estimate of drug-likeness (QED) is 0.801. The van der Waals surface area contributed by atoms with E-state index in [1.807, 2.05) is 0 Å². The Bertz CT molecular complexity index is 520. The Morgan fingerprint density at radius 2 is 2.22 bits per heavy atom. The van der Waals surface area contributed by atoms with Gasteiger partial charge in [-0.2, -0.15) is 4.31 Å². The average molecular weight is 293 g/mol. The molecule has 18 heavy (non-hydrogen) atoms. The second kappa shape index (κ2) is 5.79. The molecule has 0 radical (unpaired) electrons. The van der Waals surface area contributed by atoms with Crippen molar-refractivity contribution in [3.05, 3.63) is 16.3 Å². The molecule has 1 heterocycles. The van der Waals surface area contributed by atoms with Gasteiger partial charge in [0.2, 0.25) is 10.0 Å². The Labute approximate surface area is 110 Å². The van der Waals surface area contributed by atoms with Gasteiger partial charge >= 0.3 is 5.97 Å². The van der Waals surface area contributed by atoms with Gasteiger partial charge in [0.1, 0.15) is 9.77 Å². The molecule has 1 unspecified atom stereocenters. The highest BCUT2D eigenvalue weighted by Gasteiger charge is 2.28. The van der Waals surface area contributed by atoms with Crippen LogP contribution in [-0.4, -0.2) is 50.6 Å². The van der Waals surface area contributed by atoms with Crippen molar-refractivity contribution >= 4 is 27.3 Å². The van der Waals surface area contributed by atoms with Crippen LogP contribution in [0.2, 0.25) is 0 Å². The van der Waals surface area contributed by atoms with Gasteiger partial charge in [0.05, 0.1) is 13.2 Å². The van der Waals surface area contributed by atoms with Crippen LogP contribution in [-0.2, 0) is 14.8 Å². The van der Waals surface area contributed by atoms with Crippen LogP contribution in [0.5, 0.6) is 0 Å². The Kier molecular flexibility index (Phi) is 4.85. The zero-order valence-electron chi connectivity index (χ0n) is 10.3. The lowest BCUT2D eigenvalue weighted by atomic mass is 10.4. The summed E-state index contributed by atoms with van der Waals surface area (Å²) in [6, 6.07) is 1.35. The third-order valence-electron chi connectivity index (χ3n) is 2.21. The lowest BCUT2D eigenvalue weighted by Gasteiger charge is -2.18. The van der Waals surface area contributed by atoms with E-state index < -0.39 is 22.1 Å². The molecule has 1 rings (SSSR count). The first-order chi connectivity index (χ1) is 8.30. The minimum Gasteiger partial charge on any atom is -0.465 e. The molecule has 0 saturated heterocycles. The minimum atomic E-state index is -3.79. The molecular formula is C10H15NO5S2. The number of nitrogens with zero attached hydrogens (tertiary/aromatic N) is 1. The minimum absolute atomic E-state index is 0.0370. The molecule has 0 spiro atoms. The molecule has 1 aromatic heterocycles. The molecule has 1 N–H and O–H groups in total. The van der Waals surface area contributed by atoms with Gasteiger partial charge in [-0.25, -0.2) is 13.2 Å². The van der Waals surface area contributed by atoms with Crippen molar-refractivity contribution in [2.75, 3.05) is 20.7 Å². The van der Waals surface area contributed by atoms with Crippen molar-refractivity contribution in [3.8, 4) is 0 Å². The van der Waals surface area contributed by atoms with E-state index in [0.717, 1.165) is 15.6 Å². The SMILES string of the molecule is COC(=O)c1sccc1S(=O)(=O)N(C)CC(C)O. The fourth-order valence-electron chi connectivity index (χ4n) is 1.38. The Morgan fingerprint density at radius 3 is 2.72 bits per heavy atom. The van der Waals surface area contributed by atoms with Crippen molar-refractivity contribution in [3.63, 3.8) is 0 Å². The van der Waals surface area contributed by atoms with Gasteiger partial charge in [-0.3, -0.25) is 0 Å². The Hall–Kier alpha value is -0.960. The molecule has 0 aliphatic carbocycles. The summed E-state index contributed by atoms with van der Waals surface area (Å²) >= 11 is 1.00. The molecule has 0 fully saturated rings. The molecule has 6 nitrogen and oxygen atoms in total. The number of hydrogen-bond acceptors (Lipinski definition) is 6. The maximum Gasteiger partial charge on any atom is 0.349 e. The van der Waals surface area contributed by atoms with Gasteiger partial charge < -0.3 is 9.84 Å². The number of rotatable bonds is 5. The second-order valence-corrected chi connectivity index (χ2v) is 6.67. The van der Waals surface area contributed by atoms with E-state index in [9.17, 15) is 18.3 Å². The van der Waals surface area contributed by atoms with Crippen molar-refractivity contribution in [1.29, 1.82) is 0 Å². The summed E-state index contributed by atoms with van der Waals surface area (Å²) in [5.41, 5.74) is 0. The maximum atomic E-state index is 12.2. The molecule has 0 bridgehead atoms. The molecule has 0 aliphatic heterocycles. The van der Waals surface area contributed by atoms with E-state index in [0.29, 0.717) is 0 Å². The highest BCUT2D eigenvalue weighted by Crippen LogP contribution is 2.25. The van der Waals surface area contributed by atoms with Crippen molar-refractivity contribution in [1.82, 2.24) is 4.31 Å². The van der Waals surface area contributed by atoms with E-state index in [1.165, 1.54) is 32.5 Å². The summed E-state index contributed by atoms with van der Waals surface area (Å²) in [5.74, 6) is -0.686. The zero-order chi connectivity index (χ0) is 13.9. The van der Waals surface area contributed by atoms with Gasteiger partial charge in [-0.1, -0.05) is 0 Å². The number of aliphatic hydroxyl groups excluding tert-OH is 1. The number of thiophene rings is 1. The Morgan fingerprint density at radius 1 is 1.61 bits per heavy atom. The number of hydrogen-bond donors (Lipinski definition) is 1. The van der Waals surface area contributed by atoms with E-state index in [2.05, 4.69) is 4.74 Å². The van der Waals surface area contributed by atoms with Gasteiger partial charge in [-0.15, -0.1) is 11.3 Å². The molecule has 102 valence electrons. The fraction of sp³-hybridized carbons (Fsp3) is 0.500. The topological polar surface area (TPSA) is 83.9 Å². The van der Waals surface area contributed by atoms with Crippen LogP contribution in [0.1, 0.15) is 16.6 Å². The van der Waals surface area contributed by atoms with Crippen molar-refractivity contribution < 1.29 is 23.1 Å². The third-order valence-corrected chi connectivity index (χ3v) is 5.10. The van der Waals surface area contributed by atoms with E-state index in [4.69, 9.17) is 0 Å². The van der Waals surface area contributed by atoms with Crippen LogP contribution >= 0.6 is 11.3 Å².